The van der Waals surface area contributed by atoms with E-state index in [-0.39, 0.29) is 31.0 Å². The van der Waals surface area contributed by atoms with Crippen molar-refractivity contribution >= 4 is 17.6 Å². The number of carbonyl (C=O) groups is 2. The molecule has 9 heteroatoms. The Hall–Kier alpha value is -3.12. The molecule has 1 saturated heterocycles. The van der Waals surface area contributed by atoms with Crippen LogP contribution in [0, 0.1) is 22.5 Å². The average Bonchev–Trinajstić information content (AvgIpc) is 2.81. The largest absolute Gasteiger partial charge is 0.484 e. The maximum Gasteiger partial charge on any atom is 0.324 e. The van der Waals surface area contributed by atoms with Gasteiger partial charge in [0.2, 0.25) is 0 Å². The molecule has 3 amide bonds. The highest BCUT2D eigenvalue weighted by Gasteiger charge is 2.38. The second-order valence-electron chi connectivity index (χ2n) is 5.05. The molecule has 0 aromatic heterocycles. The van der Waals surface area contributed by atoms with Crippen molar-refractivity contribution in [1.82, 2.24) is 10.2 Å². The normalized spacial score (nSPS) is 18.0. The fourth-order valence-corrected chi connectivity index (χ4v) is 2.19. The number of urea groups is 1. The third-order valence-corrected chi connectivity index (χ3v) is 3.32. The number of aliphatic hydroxyl groups excluding tert-OH is 1. The lowest BCUT2D eigenvalue weighted by atomic mass is 10.2. The van der Waals surface area contributed by atoms with Crippen molar-refractivity contribution < 1.29 is 24.4 Å². The Morgan fingerprint density at radius 3 is 2.83 bits per heavy atom. The van der Waals surface area contributed by atoms with E-state index in [9.17, 15) is 24.8 Å². The summed E-state index contributed by atoms with van der Waals surface area (Å²) in [5, 5.41) is 23.2. The van der Waals surface area contributed by atoms with Crippen LogP contribution in [-0.2, 0) is 4.79 Å². The molecule has 1 fully saturated rings. The summed E-state index contributed by atoms with van der Waals surface area (Å²) in [7, 11) is 0. The Balaban J connectivity index is 1.94. The first-order valence-electron chi connectivity index (χ1n) is 7.03. The molecule has 24 heavy (non-hydrogen) atoms. The van der Waals surface area contributed by atoms with Crippen molar-refractivity contribution in [3.63, 3.8) is 0 Å². The first-order valence-corrected chi connectivity index (χ1v) is 7.03. The van der Waals surface area contributed by atoms with Crippen LogP contribution in [0.25, 0.3) is 0 Å². The van der Waals surface area contributed by atoms with E-state index in [0.29, 0.717) is 0 Å². The number of ether oxygens (including phenoxy) is 1. The van der Waals surface area contributed by atoms with Crippen LogP contribution in [0.2, 0.25) is 0 Å². The molecule has 0 saturated carbocycles. The molecule has 1 aromatic carbocycles. The number of benzene rings is 1. The number of β-amino-alcohol motifs (C(OH)–C–C–N with tert-alkyl or cyclic N) is 1. The van der Waals surface area contributed by atoms with Crippen LogP contribution in [0.4, 0.5) is 10.5 Å². The molecule has 1 aliphatic heterocycles. The average molecular weight is 333 g/mol. The Bertz CT molecular complexity index is 699. The topological polar surface area (TPSA) is 122 Å². The summed E-state index contributed by atoms with van der Waals surface area (Å²) in [5.74, 6) is 1.75. The summed E-state index contributed by atoms with van der Waals surface area (Å²) in [4.78, 5) is 34.8. The van der Waals surface area contributed by atoms with Gasteiger partial charge in [-0.25, -0.2) is 4.79 Å². The number of hydrogen-bond donors (Lipinski definition) is 2. The molecule has 126 valence electrons. The van der Waals surface area contributed by atoms with Crippen molar-refractivity contribution in [2.45, 2.75) is 18.6 Å². The van der Waals surface area contributed by atoms with Crippen LogP contribution in [0.15, 0.2) is 24.3 Å². The molecule has 0 unspecified atom stereocenters. The molecule has 9 nitrogen and oxygen atoms in total. The quantitative estimate of drug-likeness (QED) is 0.320. The number of nitrogens with one attached hydrogen (secondary N) is 1. The number of nitro benzene ring substituents is 1. The standard InChI is InChI=1S/C15H15N3O6/c1-2-5-11-14(20)17(15(21)16-11)8-10(19)9-24-13-7-4-3-6-12(13)18(22)23/h1,3-4,6-7,10-11,19H,5,8-9H2,(H,16,21)/t10-,11-/m0/s1. The van der Waals surface area contributed by atoms with E-state index in [0.717, 1.165) is 4.90 Å². The van der Waals surface area contributed by atoms with Gasteiger partial charge in [-0.15, -0.1) is 12.3 Å². The van der Waals surface area contributed by atoms with Crippen molar-refractivity contribution in [2.24, 2.45) is 0 Å². The minimum Gasteiger partial charge on any atom is -0.484 e. The molecule has 1 heterocycles. The van der Waals surface area contributed by atoms with E-state index in [1.165, 1.54) is 18.2 Å². The highest BCUT2D eigenvalue weighted by Crippen LogP contribution is 2.25. The van der Waals surface area contributed by atoms with Gasteiger partial charge in [-0.1, -0.05) is 12.1 Å². The molecule has 0 spiro atoms. The zero-order chi connectivity index (χ0) is 17.7. The molecule has 1 aromatic rings. The van der Waals surface area contributed by atoms with E-state index in [2.05, 4.69) is 11.2 Å². The maximum absolute atomic E-state index is 12.0. The SMILES string of the molecule is C#CC[C@@H]1NC(=O)N(C[C@H](O)COc2ccccc2[N+](=O)[O-])C1=O. The predicted molar refractivity (Wildman–Crippen MR) is 82.1 cm³/mol. The summed E-state index contributed by atoms with van der Waals surface area (Å²) >= 11 is 0. The van der Waals surface area contributed by atoms with Crippen LogP contribution in [0.3, 0.4) is 0 Å². The summed E-state index contributed by atoms with van der Waals surface area (Å²) in [6.45, 7) is -0.617. The number of imide groups is 1. The van der Waals surface area contributed by atoms with E-state index < -0.39 is 29.0 Å². The van der Waals surface area contributed by atoms with Crippen LogP contribution in [-0.4, -0.2) is 52.2 Å². The Kier molecular flexibility index (Phi) is 5.34. The van der Waals surface area contributed by atoms with Gasteiger partial charge in [0.05, 0.1) is 11.5 Å². The number of amides is 3. The molecule has 0 bridgehead atoms. The lowest BCUT2D eigenvalue weighted by Gasteiger charge is -2.18. The van der Waals surface area contributed by atoms with Gasteiger partial charge < -0.3 is 15.2 Å². The number of nitrogens with zero attached hydrogens (tertiary/aromatic N) is 2. The van der Waals surface area contributed by atoms with Gasteiger partial charge in [0.15, 0.2) is 5.75 Å². The Morgan fingerprint density at radius 1 is 1.46 bits per heavy atom. The number of nitro groups is 1. The molecule has 2 rings (SSSR count). The van der Waals surface area contributed by atoms with Gasteiger partial charge in [0.1, 0.15) is 18.8 Å². The molecule has 2 N–H and O–H groups in total. The van der Waals surface area contributed by atoms with Crippen molar-refractivity contribution in [3.8, 4) is 18.1 Å². The third kappa shape index (κ3) is 3.80. The molecule has 1 aliphatic rings. The van der Waals surface area contributed by atoms with Gasteiger partial charge in [-0.05, 0) is 6.07 Å². The summed E-state index contributed by atoms with van der Waals surface area (Å²) < 4.78 is 5.22. The van der Waals surface area contributed by atoms with Gasteiger partial charge in [-0.3, -0.25) is 19.8 Å². The fourth-order valence-electron chi connectivity index (χ4n) is 2.19. The lowest BCUT2D eigenvalue weighted by molar-refractivity contribution is -0.385. The van der Waals surface area contributed by atoms with Crippen LogP contribution >= 0.6 is 0 Å². The smallest absolute Gasteiger partial charge is 0.324 e. The molecule has 2 atom stereocenters. The fraction of sp³-hybridized carbons (Fsp3) is 0.333. The number of hydrogen-bond acceptors (Lipinski definition) is 6. The number of aliphatic hydroxyl groups is 1. The van der Waals surface area contributed by atoms with Gasteiger partial charge in [0.25, 0.3) is 5.91 Å². The number of terminal acetylenes is 1. The number of carbonyl (C=O) groups excluding carboxylic acids is 2. The summed E-state index contributed by atoms with van der Waals surface area (Å²) in [6, 6.07) is 4.25. The second kappa shape index (κ2) is 7.43. The number of para-hydroxylation sites is 2. The van der Waals surface area contributed by atoms with Gasteiger partial charge in [-0.2, -0.15) is 0 Å². The summed E-state index contributed by atoms with van der Waals surface area (Å²) in [5.41, 5.74) is -0.242. The zero-order valence-corrected chi connectivity index (χ0v) is 12.5. The van der Waals surface area contributed by atoms with Crippen molar-refractivity contribution in [1.29, 1.82) is 0 Å². The van der Waals surface area contributed by atoms with E-state index >= 15 is 0 Å². The maximum atomic E-state index is 12.0. The van der Waals surface area contributed by atoms with Gasteiger partial charge in [0, 0.05) is 12.5 Å². The third-order valence-electron chi connectivity index (χ3n) is 3.32. The highest BCUT2D eigenvalue weighted by atomic mass is 16.6. The van der Waals surface area contributed by atoms with Crippen molar-refractivity contribution in [2.75, 3.05) is 13.2 Å². The molecular weight excluding hydrogens is 318 g/mol. The monoisotopic (exact) mass is 333 g/mol. The number of rotatable bonds is 7. The van der Waals surface area contributed by atoms with Gasteiger partial charge >= 0.3 is 11.7 Å². The first-order chi connectivity index (χ1) is 11.4. The van der Waals surface area contributed by atoms with E-state index in [1.807, 2.05) is 0 Å². The van der Waals surface area contributed by atoms with Crippen LogP contribution in [0.1, 0.15) is 6.42 Å². The van der Waals surface area contributed by atoms with Crippen LogP contribution in [0.5, 0.6) is 5.75 Å². The first kappa shape index (κ1) is 17.2. The predicted octanol–water partition coefficient (Wildman–Crippen LogP) is 0.278. The zero-order valence-electron chi connectivity index (χ0n) is 12.5. The molecule has 0 aliphatic carbocycles. The highest BCUT2D eigenvalue weighted by molar-refractivity contribution is 6.04. The van der Waals surface area contributed by atoms with E-state index in [1.54, 1.807) is 6.07 Å². The Morgan fingerprint density at radius 2 is 2.17 bits per heavy atom. The molecule has 0 radical (unpaired) electrons. The minimum absolute atomic E-state index is 0.0102. The van der Waals surface area contributed by atoms with E-state index in [4.69, 9.17) is 11.2 Å². The Labute approximate surface area is 137 Å². The van der Waals surface area contributed by atoms with Crippen LogP contribution < -0.4 is 10.1 Å². The van der Waals surface area contributed by atoms with Crippen molar-refractivity contribution in [3.05, 3.63) is 34.4 Å². The minimum atomic E-state index is -1.20. The second-order valence-corrected chi connectivity index (χ2v) is 5.05. The molecular formula is C15H15N3O6. The lowest BCUT2D eigenvalue weighted by Crippen LogP contribution is -2.40. The summed E-state index contributed by atoms with van der Waals surface area (Å²) in [6.07, 6.45) is 3.97.